The Bertz CT molecular complexity index is 1090. The summed E-state index contributed by atoms with van der Waals surface area (Å²) in [7, 11) is 0. The van der Waals surface area contributed by atoms with Gasteiger partial charge in [0.15, 0.2) is 5.82 Å². The van der Waals surface area contributed by atoms with Crippen molar-refractivity contribution in [3.05, 3.63) is 76.8 Å². The fraction of sp³-hybridized carbons (Fsp3) is 0.292. The van der Waals surface area contributed by atoms with Crippen LogP contribution in [-0.4, -0.2) is 29.0 Å². The van der Waals surface area contributed by atoms with Gasteiger partial charge in [0.05, 0.1) is 5.92 Å². The van der Waals surface area contributed by atoms with E-state index in [1.54, 1.807) is 18.5 Å². The van der Waals surface area contributed by atoms with Crippen LogP contribution in [0.3, 0.4) is 0 Å². The van der Waals surface area contributed by atoms with Crippen LogP contribution < -0.4 is 15.0 Å². The van der Waals surface area contributed by atoms with Crippen molar-refractivity contribution < 1.29 is 13.9 Å². The molecule has 1 amide bonds. The zero-order valence-corrected chi connectivity index (χ0v) is 18.5. The summed E-state index contributed by atoms with van der Waals surface area (Å²) < 4.78 is 19.2. The van der Waals surface area contributed by atoms with Gasteiger partial charge in [0.1, 0.15) is 11.6 Å². The smallest absolute Gasteiger partial charge is 0.263 e. The van der Waals surface area contributed by atoms with Gasteiger partial charge in [-0.15, -0.1) is 0 Å². The predicted octanol–water partition coefficient (Wildman–Crippen LogP) is 4.90. The predicted molar refractivity (Wildman–Crippen MR) is 121 cm³/mol. The van der Waals surface area contributed by atoms with Gasteiger partial charge in [-0.3, -0.25) is 4.79 Å². The van der Waals surface area contributed by atoms with Crippen molar-refractivity contribution in [1.82, 2.24) is 15.3 Å². The van der Waals surface area contributed by atoms with Crippen LogP contribution in [0.2, 0.25) is 5.02 Å². The summed E-state index contributed by atoms with van der Waals surface area (Å²) >= 11 is 6.07. The molecule has 32 heavy (non-hydrogen) atoms. The first-order valence-electron chi connectivity index (χ1n) is 10.5. The summed E-state index contributed by atoms with van der Waals surface area (Å²) in [4.78, 5) is 23.7. The Morgan fingerprint density at radius 2 is 2.00 bits per heavy atom. The number of carbonyl (C=O) groups excluding carboxylic acids is 1. The van der Waals surface area contributed by atoms with Crippen LogP contribution in [0.25, 0.3) is 0 Å². The molecule has 3 aromatic rings. The third kappa shape index (κ3) is 5.34. The van der Waals surface area contributed by atoms with E-state index in [4.69, 9.17) is 16.3 Å². The van der Waals surface area contributed by atoms with Crippen LogP contribution in [0.15, 0.2) is 54.9 Å². The largest absolute Gasteiger partial charge is 0.436 e. The Labute approximate surface area is 191 Å². The summed E-state index contributed by atoms with van der Waals surface area (Å²) in [5, 5.41) is 3.22. The molecule has 0 radical (unpaired) electrons. The second-order valence-electron chi connectivity index (χ2n) is 7.84. The molecule has 166 valence electrons. The lowest BCUT2D eigenvalue weighted by Crippen LogP contribution is -2.43. The van der Waals surface area contributed by atoms with Crippen LogP contribution in [0.5, 0.6) is 11.6 Å². The van der Waals surface area contributed by atoms with Gasteiger partial charge in [-0.05, 0) is 49.6 Å². The zero-order chi connectivity index (χ0) is 22.5. The molecule has 2 heterocycles. The molecule has 0 spiro atoms. The molecular formula is C24H24ClFN4O2. The molecule has 1 saturated heterocycles. The molecule has 0 unspecified atom stereocenters. The molecule has 8 heteroatoms. The first kappa shape index (κ1) is 22.0. The van der Waals surface area contributed by atoms with Gasteiger partial charge in [-0.1, -0.05) is 35.4 Å². The number of rotatable bonds is 6. The quantitative estimate of drug-likeness (QED) is 0.573. The number of carbonyl (C=O) groups is 1. The molecule has 1 fully saturated rings. The van der Waals surface area contributed by atoms with Gasteiger partial charge < -0.3 is 15.0 Å². The van der Waals surface area contributed by atoms with E-state index < -0.39 is 5.82 Å². The monoisotopic (exact) mass is 454 g/mol. The summed E-state index contributed by atoms with van der Waals surface area (Å²) in [6.07, 6.45) is 4.83. The topological polar surface area (TPSA) is 67.4 Å². The molecule has 1 atom stereocenters. The van der Waals surface area contributed by atoms with Crippen molar-refractivity contribution in [3.63, 3.8) is 0 Å². The molecule has 2 aromatic carbocycles. The van der Waals surface area contributed by atoms with Gasteiger partial charge in [0.25, 0.3) is 5.88 Å². The van der Waals surface area contributed by atoms with Crippen LogP contribution in [0.1, 0.15) is 24.0 Å². The average Bonchev–Trinajstić information content (AvgIpc) is 2.80. The molecule has 0 saturated carbocycles. The summed E-state index contributed by atoms with van der Waals surface area (Å²) in [5.74, 6) is 1.03. The summed E-state index contributed by atoms with van der Waals surface area (Å²) in [5.41, 5.74) is 1.82. The van der Waals surface area contributed by atoms with Gasteiger partial charge in [0, 0.05) is 37.1 Å². The molecule has 4 rings (SSSR count). The van der Waals surface area contributed by atoms with Gasteiger partial charge in [-0.2, -0.15) is 0 Å². The van der Waals surface area contributed by atoms with Crippen molar-refractivity contribution in [2.75, 3.05) is 18.0 Å². The number of nitrogens with one attached hydrogen (secondary N) is 1. The second kappa shape index (κ2) is 9.96. The number of benzene rings is 2. The van der Waals surface area contributed by atoms with Crippen molar-refractivity contribution in [1.29, 1.82) is 0 Å². The van der Waals surface area contributed by atoms with Crippen molar-refractivity contribution >= 4 is 23.3 Å². The molecule has 1 aromatic heterocycles. The molecule has 6 nitrogen and oxygen atoms in total. The Morgan fingerprint density at radius 1 is 1.22 bits per heavy atom. The maximum atomic E-state index is 13.2. The standard InChI is InChI=1S/C24H24ClFN4O2/c1-16-4-8-20(9-5-16)32-24-22(27-10-11-28-24)30-12-2-3-18(15-30)23(31)29-14-17-6-7-19(26)13-21(17)25/h4-11,13,18H,2-3,12,14-15H2,1H3,(H,29,31)/t18-/m1/s1. The molecule has 1 aliphatic heterocycles. The first-order chi connectivity index (χ1) is 15.5. The van der Waals surface area contributed by atoms with E-state index in [1.165, 1.54) is 12.1 Å². The van der Waals surface area contributed by atoms with Crippen LogP contribution in [0, 0.1) is 18.7 Å². The number of anilines is 1. The van der Waals surface area contributed by atoms with E-state index in [9.17, 15) is 9.18 Å². The average molecular weight is 455 g/mol. The number of amides is 1. The zero-order valence-electron chi connectivity index (χ0n) is 17.7. The number of aryl methyl sites for hydroxylation is 1. The summed E-state index contributed by atoms with van der Waals surface area (Å²) in [6.45, 7) is 3.53. The normalized spacial score (nSPS) is 16.0. The van der Waals surface area contributed by atoms with Crippen molar-refractivity contribution in [2.45, 2.75) is 26.3 Å². The van der Waals surface area contributed by atoms with E-state index in [0.29, 0.717) is 34.6 Å². The molecule has 1 aliphatic rings. The highest BCUT2D eigenvalue weighted by Gasteiger charge is 2.28. The van der Waals surface area contributed by atoms with E-state index >= 15 is 0 Å². The lowest BCUT2D eigenvalue weighted by atomic mass is 9.97. The number of halogens is 2. The number of hydrogen-bond donors (Lipinski definition) is 1. The number of hydrogen-bond acceptors (Lipinski definition) is 5. The van der Waals surface area contributed by atoms with Crippen LogP contribution in [0.4, 0.5) is 10.2 Å². The molecule has 1 N–H and O–H groups in total. The highest BCUT2D eigenvalue weighted by Crippen LogP contribution is 2.31. The van der Waals surface area contributed by atoms with Crippen molar-refractivity contribution in [2.24, 2.45) is 5.92 Å². The van der Waals surface area contributed by atoms with Crippen LogP contribution in [-0.2, 0) is 11.3 Å². The minimum absolute atomic E-state index is 0.0695. The van der Waals surface area contributed by atoms with E-state index in [1.807, 2.05) is 36.1 Å². The Hall–Kier alpha value is -3.19. The lowest BCUT2D eigenvalue weighted by Gasteiger charge is -2.33. The van der Waals surface area contributed by atoms with Gasteiger partial charge in [0.2, 0.25) is 5.91 Å². The minimum Gasteiger partial charge on any atom is -0.436 e. The van der Waals surface area contributed by atoms with Gasteiger partial charge >= 0.3 is 0 Å². The number of aromatic nitrogens is 2. The Balaban J connectivity index is 1.42. The van der Waals surface area contributed by atoms with E-state index in [-0.39, 0.29) is 18.4 Å². The molecule has 0 bridgehead atoms. The van der Waals surface area contributed by atoms with Crippen molar-refractivity contribution in [3.8, 4) is 11.6 Å². The minimum atomic E-state index is -0.402. The second-order valence-corrected chi connectivity index (χ2v) is 8.25. The van der Waals surface area contributed by atoms with E-state index in [0.717, 1.165) is 24.9 Å². The van der Waals surface area contributed by atoms with Crippen LogP contribution >= 0.6 is 11.6 Å². The maximum Gasteiger partial charge on any atom is 0.263 e. The number of piperidine rings is 1. The maximum absolute atomic E-state index is 13.2. The molecule has 0 aliphatic carbocycles. The fourth-order valence-electron chi connectivity index (χ4n) is 3.70. The SMILES string of the molecule is Cc1ccc(Oc2nccnc2N2CCC[C@@H](C(=O)NCc3ccc(F)cc3Cl)C2)cc1. The van der Waals surface area contributed by atoms with E-state index in [2.05, 4.69) is 15.3 Å². The highest BCUT2D eigenvalue weighted by molar-refractivity contribution is 6.31. The first-order valence-corrected chi connectivity index (χ1v) is 10.9. The van der Waals surface area contributed by atoms with Gasteiger partial charge in [-0.25, -0.2) is 14.4 Å². The molecular weight excluding hydrogens is 431 g/mol. The third-order valence-corrected chi connectivity index (χ3v) is 5.79. The number of ether oxygens (including phenoxy) is 1. The highest BCUT2D eigenvalue weighted by atomic mass is 35.5. The Kier molecular flexibility index (Phi) is 6.85. The lowest BCUT2D eigenvalue weighted by molar-refractivity contribution is -0.125. The third-order valence-electron chi connectivity index (χ3n) is 5.44. The fourth-order valence-corrected chi connectivity index (χ4v) is 3.93. The summed E-state index contributed by atoms with van der Waals surface area (Å²) in [6, 6.07) is 11.9. The Morgan fingerprint density at radius 3 is 2.78 bits per heavy atom. The number of nitrogens with zero attached hydrogens (tertiary/aromatic N) is 3.